The zero-order valence-electron chi connectivity index (χ0n) is 15.7. The molecule has 0 fully saturated rings. The van der Waals surface area contributed by atoms with Gasteiger partial charge in [0.05, 0.1) is 23.6 Å². The smallest absolute Gasteiger partial charge is 0.340 e. The van der Waals surface area contributed by atoms with E-state index in [2.05, 4.69) is 0 Å². The topological polar surface area (TPSA) is 39.2 Å². The Morgan fingerprint density at radius 3 is 2.30 bits per heavy atom. The lowest BCUT2D eigenvalue weighted by atomic mass is 9.92. The number of esters is 1. The number of benzene rings is 2. The number of rotatable bonds is 5. The maximum Gasteiger partial charge on any atom is 0.340 e. The molecule has 0 spiro atoms. The van der Waals surface area contributed by atoms with Gasteiger partial charge >= 0.3 is 5.97 Å². The molecule has 3 nitrogen and oxygen atoms in total. The molecular formula is C23H22FNO2. The zero-order valence-corrected chi connectivity index (χ0v) is 15.7. The third kappa shape index (κ3) is 4.05. The summed E-state index contributed by atoms with van der Waals surface area (Å²) in [6.07, 6.45) is 0. The normalized spacial score (nSPS) is 10.9. The van der Waals surface area contributed by atoms with Crippen LogP contribution in [-0.2, 0) is 4.74 Å². The Bertz CT molecular complexity index is 935. The van der Waals surface area contributed by atoms with E-state index in [1.165, 1.54) is 12.1 Å². The number of halogens is 1. The second-order valence-electron chi connectivity index (χ2n) is 6.56. The molecule has 3 rings (SSSR count). The predicted octanol–water partition coefficient (Wildman–Crippen LogP) is 5.85. The van der Waals surface area contributed by atoms with Crippen molar-refractivity contribution in [3.63, 3.8) is 0 Å². The minimum Gasteiger partial charge on any atom is -0.462 e. The highest BCUT2D eigenvalue weighted by Gasteiger charge is 2.23. The molecule has 0 aliphatic carbocycles. The monoisotopic (exact) mass is 363 g/mol. The summed E-state index contributed by atoms with van der Waals surface area (Å²) in [4.78, 5) is 17.5. The van der Waals surface area contributed by atoms with Gasteiger partial charge in [0, 0.05) is 11.1 Å². The third-order valence-corrected chi connectivity index (χ3v) is 4.30. The van der Waals surface area contributed by atoms with Crippen LogP contribution in [0.1, 0.15) is 42.7 Å². The van der Waals surface area contributed by atoms with Gasteiger partial charge in [-0.25, -0.2) is 9.18 Å². The first-order chi connectivity index (χ1) is 13.0. The molecule has 0 aliphatic heterocycles. The Hall–Kier alpha value is -3.01. The summed E-state index contributed by atoms with van der Waals surface area (Å²) in [6, 6.07) is 17.8. The van der Waals surface area contributed by atoms with E-state index >= 15 is 0 Å². The van der Waals surface area contributed by atoms with Crippen molar-refractivity contribution in [2.45, 2.75) is 26.7 Å². The van der Waals surface area contributed by atoms with Crippen LogP contribution in [0.25, 0.3) is 22.4 Å². The van der Waals surface area contributed by atoms with Crippen molar-refractivity contribution in [1.29, 1.82) is 0 Å². The van der Waals surface area contributed by atoms with Crippen molar-refractivity contribution in [2.24, 2.45) is 0 Å². The Labute approximate surface area is 158 Å². The summed E-state index contributed by atoms with van der Waals surface area (Å²) in [7, 11) is 0. The first kappa shape index (κ1) is 18.8. The number of carbonyl (C=O) groups is 1. The summed E-state index contributed by atoms with van der Waals surface area (Å²) >= 11 is 0. The van der Waals surface area contributed by atoms with Gasteiger partial charge in [0.2, 0.25) is 0 Å². The molecule has 0 bridgehead atoms. The summed E-state index contributed by atoms with van der Waals surface area (Å²) < 4.78 is 18.7. The minimum absolute atomic E-state index is 0.0206. The first-order valence-electron chi connectivity index (χ1n) is 9.04. The Balaban J connectivity index is 2.30. The standard InChI is InChI=1S/C23H22FNO2/c1-4-27-23(26)21-19(16-10-12-18(24)13-11-16)14-20(25-22(21)15(2)3)17-8-6-5-7-9-17/h5-15H,4H2,1-3H3. The van der Waals surface area contributed by atoms with E-state index in [0.29, 0.717) is 16.8 Å². The molecule has 0 N–H and O–H groups in total. The predicted molar refractivity (Wildman–Crippen MR) is 105 cm³/mol. The van der Waals surface area contributed by atoms with E-state index in [1.54, 1.807) is 19.1 Å². The summed E-state index contributed by atoms with van der Waals surface area (Å²) in [5, 5.41) is 0. The van der Waals surface area contributed by atoms with E-state index in [4.69, 9.17) is 9.72 Å². The van der Waals surface area contributed by atoms with Gasteiger partial charge in [-0.15, -0.1) is 0 Å². The van der Waals surface area contributed by atoms with Gasteiger partial charge in [-0.1, -0.05) is 56.3 Å². The SMILES string of the molecule is CCOC(=O)c1c(-c2ccc(F)cc2)cc(-c2ccccc2)nc1C(C)C. The van der Waals surface area contributed by atoms with E-state index < -0.39 is 5.97 Å². The number of ether oxygens (including phenoxy) is 1. The molecule has 0 unspecified atom stereocenters. The fourth-order valence-corrected chi connectivity index (χ4v) is 3.01. The van der Waals surface area contributed by atoms with Gasteiger partial charge < -0.3 is 4.74 Å². The number of pyridine rings is 1. The minimum atomic E-state index is -0.410. The molecule has 3 aromatic rings. The molecule has 0 saturated heterocycles. The van der Waals surface area contributed by atoms with Crippen molar-refractivity contribution in [3.8, 4) is 22.4 Å². The van der Waals surface area contributed by atoms with E-state index in [9.17, 15) is 9.18 Å². The van der Waals surface area contributed by atoms with E-state index in [-0.39, 0.29) is 18.3 Å². The Morgan fingerprint density at radius 1 is 1.04 bits per heavy atom. The highest BCUT2D eigenvalue weighted by molar-refractivity contribution is 5.99. The van der Waals surface area contributed by atoms with Crippen LogP contribution in [0.4, 0.5) is 4.39 Å². The molecule has 138 valence electrons. The van der Waals surface area contributed by atoms with Crippen LogP contribution in [0, 0.1) is 5.82 Å². The van der Waals surface area contributed by atoms with Crippen LogP contribution in [0.15, 0.2) is 60.7 Å². The lowest BCUT2D eigenvalue weighted by molar-refractivity contribution is 0.0525. The van der Waals surface area contributed by atoms with Crippen LogP contribution in [0.2, 0.25) is 0 Å². The first-order valence-corrected chi connectivity index (χ1v) is 9.04. The van der Waals surface area contributed by atoms with Gasteiger partial charge in [0.15, 0.2) is 0 Å². The van der Waals surface area contributed by atoms with Crippen LogP contribution < -0.4 is 0 Å². The van der Waals surface area contributed by atoms with Gasteiger partial charge in [-0.2, -0.15) is 0 Å². The average Bonchev–Trinajstić information content (AvgIpc) is 2.68. The molecule has 1 aromatic heterocycles. The molecule has 27 heavy (non-hydrogen) atoms. The van der Waals surface area contributed by atoms with E-state index in [0.717, 1.165) is 16.8 Å². The van der Waals surface area contributed by atoms with Crippen LogP contribution in [-0.4, -0.2) is 17.6 Å². The van der Waals surface area contributed by atoms with Crippen LogP contribution in [0.3, 0.4) is 0 Å². The highest BCUT2D eigenvalue weighted by atomic mass is 19.1. The molecule has 0 atom stereocenters. The number of aromatic nitrogens is 1. The molecule has 0 radical (unpaired) electrons. The molecule has 0 amide bonds. The molecule has 1 heterocycles. The fourth-order valence-electron chi connectivity index (χ4n) is 3.01. The maximum absolute atomic E-state index is 13.4. The zero-order chi connectivity index (χ0) is 19.4. The molecule has 2 aromatic carbocycles. The lowest BCUT2D eigenvalue weighted by Crippen LogP contribution is -2.13. The van der Waals surface area contributed by atoms with Crippen LogP contribution >= 0.6 is 0 Å². The van der Waals surface area contributed by atoms with Crippen molar-refractivity contribution < 1.29 is 13.9 Å². The van der Waals surface area contributed by atoms with Crippen LogP contribution in [0.5, 0.6) is 0 Å². The second-order valence-corrected chi connectivity index (χ2v) is 6.56. The van der Waals surface area contributed by atoms with Gasteiger partial charge in [0.25, 0.3) is 0 Å². The van der Waals surface area contributed by atoms with Crippen molar-refractivity contribution in [3.05, 3.63) is 77.7 Å². The molecule has 4 heteroatoms. The fraction of sp³-hybridized carbons (Fsp3) is 0.217. The van der Waals surface area contributed by atoms with Gasteiger partial charge in [0.1, 0.15) is 5.82 Å². The second kappa shape index (κ2) is 8.12. The van der Waals surface area contributed by atoms with Gasteiger partial charge in [-0.05, 0) is 36.6 Å². The average molecular weight is 363 g/mol. The van der Waals surface area contributed by atoms with Crippen molar-refractivity contribution in [1.82, 2.24) is 4.98 Å². The van der Waals surface area contributed by atoms with Crippen molar-refractivity contribution >= 4 is 5.97 Å². The van der Waals surface area contributed by atoms with Crippen molar-refractivity contribution in [2.75, 3.05) is 6.61 Å². The number of nitrogens with zero attached hydrogens (tertiary/aromatic N) is 1. The number of carbonyl (C=O) groups excluding carboxylic acids is 1. The highest BCUT2D eigenvalue weighted by Crippen LogP contribution is 2.34. The molecule has 0 aliphatic rings. The van der Waals surface area contributed by atoms with Gasteiger partial charge in [-0.3, -0.25) is 4.98 Å². The lowest BCUT2D eigenvalue weighted by Gasteiger charge is -2.18. The summed E-state index contributed by atoms with van der Waals surface area (Å²) in [5.74, 6) is -0.710. The number of hydrogen-bond acceptors (Lipinski definition) is 3. The summed E-state index contributed by atoms with van der Waals surface area (Å²) in [5.41, 5.74) is 4.30. The Kier molecular flexibility index (Phi) is 5.65. The quantitative estimate of drug-likeness (QED) is 0.533. The number of hydrogen-bond donors (Lipinski definition) is 0. The maximum atomic E-state index is 13.4. The third-order valence-electron chi connectivity index (χ3n) is 4.30. The molecular weight excluding hydrogens is 341 g/mol. The largest absolute Gasteiger partial charge is 0.462 e. The Morgan fingerprint density at radius 2 is 1.70 bits per heavy atom. The van der Waals surface area contributed by atoms with E-state index in [1.807, 2.05) is 50.2 Å². The molecule has 0 saturated carbocycles. The summed E-state index contributed by atoms with van der Waals surface area (Å²) in [6.45, 7) is 6.04.